The molecule has 0 bridgehead atoms. The third-order valence-corrected chi connectivity index (χ3v) is 6.29. The molecule has 0 spiro atoms. The van der Waals surface area contributed by atoms with Gasteiger partial charge in [-0.15, -0.1) is 0 Å². The minimum Gasteiger partial charge on any atom is -0.507 e. The van der Waals surface area contributed by atoms with Gasteiger partial charge in [0.15, 0.2) is 0 Å². The molecule has 1 N–H and O–H groups in total. The fourth-order valence-corrected chi connectivity index (χ4v) is 4.36. The van der Waals surface area contributed by atoms with E-state index in [0.29, 0.717) is 38.5 Å². The van der Waals surface area contributed by atoms with Gasteiger partial charge in [0.25, 0.3) is 11.7 Å². The molecule has 1 amide bonds. The molecule has 34 heavy (non-hydrogen) atoms. The molecule has 2 aliphatic heterocycles. The SMILES string of the molecule is CCCOc1ccc([C@H]2C(=C(O)c3ccc(C)cc3)C(=O)C(=O)N2CCN2CCOCC2)cc1. The molecule has 1 atom stereocenters. The van der Waals surface area contributed by atoms with E-state index in [-0.39, 0.29) is 11.3 Å². The first-order chi connectivity index (χ1) is 16.5. The second-order valence-electron chi connectivity index (χ2n) is 8.73. The van der Waals surface area contributed by atoms with Crippen molar-refractivity contribution in [2.24, 2.45) is 0 Å². The van der Waals surface area contributed by atoms with Crippen molar-refractivity contribution in [2.75, 3.05) is 46.0 Å². The topological polar surface area (TPSA) is 79.3 Å². The van der Waals surface area contributed by atoms with Gasteiger partial charge >= 0.3 is 0 Å². The van der Waals surface area contributed by atoms with Gasteiger partial charge in [-0.25, -0.2) is 0 Å². The van der Waals surface area contributed by atoms with Crippen LogP contribution in [0.1, 0.15) is 36.1 Å². The maximum atomic E-state index is 13.2. The summed E-state index contributed by atoms with van der Waals surface area (Å²) >= 11 is 0. The van der Waals surface area contributed by atoms with Crippen LogP contribution in [0.3, 0.4) is 0 Å². The van der Waals surface area contributed by atoms with Crippen molar-refractivity contribution in [2.45, 2.75) is 26.3 Å². The molecule has 0 aliphatic carbocycles. The Kier molecular flexibility index (Phi) is 7.65. The van der Waals surface area contributed by atoms with E-state index in [0.717, 1.165) is 36.4 Å². The second-order valence-corrected chi connectivity index (χ2v) is 8.73. The van der Waals surface area contributed by atoms with E-state index >= 15 is 0 Å². The normalized spacial score (nSPS) is 20.6. The zero-order valence-electron chi connectivity index (χ0n) is 19.8. The van der Waals surface area contributed by atoms with Gasteiger partial charge in [0.1, 0.15) is 11.5 Å². The van der Waals surface area contributed by atoms with Crippen LogP contribution in [0.4, 0.5) is 0 Å². The van der Waals surface area contributed by atoms with Crippen LogP contribution in [0.2, 0.25) is 0 Å². The molecule has 2 aromatic rings. The fourth-order valence-electron chi connectivity index (χ4n) is 4.36. The first-order valence-electron chi connectivity index (χ1n) is 11.9. The van der Waals surface area contributed by atoms with E-state index in [1.54, 1.807) is 17.0 Å². The number of hydrogen-bond donors (Lipinski definition) is 1. The summed E-state index contributed by atoms with van der Waals surface area (Å²) in [6.07, 6.45) is 0.903. The predicted molar refractivity (Wildman–Crippen MR) is 130 cm³/mol. The Labute approximate surface area is 200 Å². The standard InChI is InChI=1S/C27H32N2O5/c1-3-16-34-22-10-8-20(9-11-22)24-23(25(30)21-6-4-19(2)5-7-21)26(31)27(32)29(24)13-12-28-14-17-33-18-15-28/h4-11,24,30H,3,12-18H2,1-2H3/t24-/m0/s1. The van der Waals surface area contributed by atoms with Gasteiger partial charge < -0.3 is 19.5 Å². The maximum Gasteiger partial charge on any atom is 0.295 e. The molecule has 180 valence electrons. The Morgan fingerprint density at radius 1 is 1.03 bits per heavy atom. The summed E-state index contributed by atoms with van der Waals surface area (Å²) < 4.78 is 11.1. The van der Waals surface area contributed by atoms with Crippen LogP contribution in [0.25, 0.3) is 5.76 Å². The fraction of sp³-hybridized carbons (Fsp3) is 0.407. The van der Waals surface area contributed by atoms with Crippen molar-refractivity contribution < 1.29 is 24.2 Å². The second kappa shape index (κ2) is 10.8. The number of amides is 1. The minimum absolute atomic E-state index is 0.123. The molecular formula is C27H32N2O5. The third kappa shape index (κ3) is 5.16. The van der Waals surface area contributed by atoms with Gasteiger partial charge in [-0.05, 0) is 31.0 Å². The number of aryl methyl sites for hydroxylation is 1. The summed E-state index contributed by atoms with van der Waals surface area (Å²) in [4.78, 5) is 30.1. The molecule has 4 rings (SSSR count). The number of ether oxygens (including phenoxy) is 2. The number of ketones is 1. The van der Waals surface area contributed by atoms with E-state index in [9.17, 15) is 14.7 Å². The van der Waals surface area contributed by atoms with Crippen LogP contribution < -0.4 is 4.74 Å². The minimum atomic E-state index is -0.664. The highest BCUT2D eigenvalue weighted by Gasteiger charge is 2.46. The van der Waals surface area contributed by atoms with E-state index < -0.39 is 17.7 Å². The van der Waals surface area contributed by atoms with Crippen molar-refractivity contribution in [3.63, 3.8) is 0 Å². The first-order valence-corrected chi connectivity index (χ1v) is 11.9. The van der Waals surface area contributed by atoms with Gasteiger partial charge in [-0.3, -0.25) is 14.5 Å². The zero-order valence-corrected chi connectivity index (χ0v) is 19.8. The largest absolute Gasteiger partial charge is 0.507 e. The molecule has 2 heterocycles. The third-order valence-electron chi connectivity index (χ3n) is 6.29. The number of aliphatic hydroxyl groups excluding tert-OH is 1. The number of nitrogens with zero attached hydrogens (tertiary/aromatic N) is 2. The summed E-state index contributed by atoms with van der Waals surface area (Å²) in [5.74, 6) is -0.660. The van der Waals surface area contributed by atoms with Crippen molar-refractivity contribution in [1.82, 2.24) is 9.80 Å². The molecule has 2 aromatic carbocycles. The van der Waals surface area contributed by atoms with Gasteiger partial charge in [-0.1, -0.05) is 48.9 Å². The van der Waals surface area contributed by atoms with Gasteiger partial charge in [0.2, 0.25) is 0 Å². The molecule has 2 fully saturated rings. The molecule has 7 heteroatoms. The number of hydrogen-bond acceptors (Lipinski definition) is 6. The van der Waals surface area contributed by atoms with Crippen LogP contribution >= 0.6 is 0 Å². The average Bonchev–Trinajstić information content (AvgIpc) is 3.12. The summed E-state index contributed by atoms with van der Waals surface area (Å²) in [6, 6.07) is 14.0. The summed E-state index contributed by atoms with van der Waals surface area (Å²) in [7, 11) is 0. The van der Waals surface area contributed by atoms with Crippen LogP contribution in [-0.2, 0) is 14.3 Å². The quantitative estimate of drug-likeness (QED) is 0.366. The molecular weight excluding hydrogens is 432 g/mol. The van der Waals surface area contributed by atoms with Gasteiger partial charge in [0.05, 0.1) is 31.4 Å². The van der Waals surface area contributed by atoms with Crippen LogP contribution in [0.5, 0.6) is 5.75 Å². The lowest BCUT2D eigenvalue weighted by Crippen LogP contribution is -2.42. The Balaban J connectivity index is 1.69. The van der Waals surface area contributed by atoms with E-state index in [1.807, 2.05) is 50.2 Å². The Hall–Kier alpha value is -3.16. The smallest absolute Gasteiger partial charge is 0.295 e. The lowest BCUT2D eigenvalue weighted by atomic mass is 9.95. The molecule has 7 nitrogen and oxygen atoms in total. The van der Waals surface area contributed by atoms with Gasteiger partial charge in [-0.2, -0.15) is 0 Å². The van der Waals surface area contributed by atoms with E-state index in [2.05, 4.69) is 4.90 Å². The van der Waals surface area contributed by atoms with Crippen LogP contribution in [-0.4, -0.2) is 72.6 Å². The number of carbonyl (C=O) groups is 2. The van der Waals surface area contributed by atoms with Crippen LogP contribution in [0.15, 0.2) is 54.1 Å². The molecule has 0 radical (unpaired) electrons. The first kappa shape index (κ1) is 24.0. The number of morpholine rings is 1. The maximum absolute atomic E-state index is 13.2. The Morgan fingerprint density at radius 3 is 2.35 bits per heavy atom. The summed E-state index contributed by atoms with van der Waals surface area (Å²) in [5, 5.41) is 11.2. The highest BCUT2D eigenvalue weighted by Crippen LogP contribution is 2.39. The van der Waals surface area contributed by atoms with Crippen molar-refractivity contribution in [1.29, 1.82) is 0 Å². The van der Waals surface area contributed by atoms with Crippen molar-refractivity contribution in [3.05, 3.63) is 70.8 Å². The Morgan fingerprint density at radius 2 is 1.71 bits per heavy atom. The van der Waals surface area contributed by atoms with Crippen molar-refractivity contribution in [3.8, 4) is 5.75 Å². The number of carbonyl (C=O) groups excluding carboxylic acids is 2. The number of Topliss-reactive ketones (excluding diaryl/α,β-unsaturated/α-hetero) is 1. The van der Waals surface area contributed by atoms with E-state index in [1.165, 1.54) is 0 Å². The number of benzene rings is 2. The van der Waals surface area contributed by atoms with Gasteiger partial charge in [0, 0.05) is 31.7 Å². The lowest BCUT2D eigenvalue weighted by molar-refractivity contribution is -0.140. The average molecular weight is 465 g/mol. The highest BCUT2D eigenvalue weighted by atomic mass is 16.5. The van der Waals surface area contributed by atoms with Crippen LogP contribution in [0, 0.1) is 6.92 Å². The molecule has 0 saturated carbocycles. The van der Waals surface area contributed by atoms with E-state index in [4.69, 9.17) is 9.47 Å². The Bertz CT molecular complexity index is 1040. The van der Waals surface area contributed by atoms with Crippen molar-refractivity contribution >= 4 is 17.4 Å². The molecule has 0 unspecified atom stereocenters. The lowest BCUT2D eigenvalue weighted by Gasteiger charge is -2.31. The predicted octanol–water partition coefficient (Wildman–Crippen LogP) is 3.54. The molecule has 2 aliphatic rings. The number of likely N-dealkylation sites (tertiary alicyclic amines) is 1. The monoisotopic (exact) mass is 464 g/mol. The summed E-state index contributed by atoms with van der Waals surface area (Å²) in [5.41, 5.74) is 2.45. The number of aliphatic hydroxyl groups is 1. The highest BCUT2D eigenvalue weighted by molar-refractivity contribution is 6.46. The number of rotatable bonds is 8. The molecule has 2 saturated heterocycles. The molecule has 0 aromatic heterocycles. The summed E-state index contributed by atoms with van der Waals surface area (Å²) in [6.45, 7) is 8.54. The zero-order chi connectivity index (χ0) is 24.1.